The van der Waals surface area contributed by atoms with Crippen molar-refractivity contribution in [3.8, 4) is 0 Å². The van der Waals surface area contributed by atoms with Crippen molar-refractivity contribution < 1.29 is 0 Å². The number of rotatable bonds is 0. The van der Waals surface area contributed by atoms with Crippen molar-refractivity contribution in [3.63, 3.8) is 0 Å². The second-order valence-electron chi connectivity index (χ2n) is 7.09. The molecule has 1 aliphatic heterocycles. The first-order chi connectivity index (χ1) is 8.93. The Morgan fingerprint density at radius 2 is 1.58 bits per heavy atom. The van der Waals surface area contributed by atoms with Crippen molar-refractivity contribution in [2.75, 3.05) is 0 Å². The molecule has 0 fully saturated rings. The molecule has 0 aromatic heterocycles. The largest absolute Gasteiger partial charge is 0.289 e. The van der Waals surface area contributed by atoms with Gasteiger partial charge in [-0.15, -0.1) is 0 Å². The van der Waals surface area contributed by atoms with E-state index in [2.05, 4.69) is 69.1 Å². The fourth-order valence-corrected chi connectivity index (χ4v) is 2.43. The summed E-state index contributed by atoms with van der Waals surface area (Å²) >= 11 is 0. The quantitative estimate of drug-likeness (QED) is 0.649. The zero-order chi connectivity index (χ0) is 13.9. The van der Waals surface area contributed by atoms with Crippen LogP contribution >= 0.6 is 0 Å². The zero-order valence-electron chi connectivity index (χ0n) is 12.6. The summed E-state index contributed by atoms with van der Waals surface area (Å²) in [4.78, 5) is 4.54. The van der Waals surface area contributed by atoms with E-state index >= 15 is 0 Å². The molecular weight excluding hydrogens is 230 g/mol. The van der Waals surface area contributed by atoms with Crippen molar-refractivity contribution in [2.45, 2.75) is 46.6 Å². The minimum absolute atomic E-state index is 0.495. The molecule has 1 aromatic carbocycles. The van der Waals surface area contributed by atoms with Crippen LogP contribution in [0.15, 0.2) is 41.4 Å². The van der Waals surface area contributed by atoms with Gasteiger partial charge in [-0.2, -0.15) is 0 Å². The lowest BCUT2D eigenvalue weighted by molar-refractivity contribution is 0.468. The first-order valence-corrected chi connectivity index (χ1v) is 7.20. The summed E-state index contributed by atoms with van der Waals surface area (Å²) in [5, 5.41) is 0. The smallest absolute Gasteiger partial charge is 0.0605 e. The van der Waals surface area contributed by atoms with Gasteiger partial charge >= 0.3 is 0 Å². The number of fused-ring (bicyclic) bond motifs is 2. The van der Waals surface area contributed by atoms with Crippen LogP contribution in [0.1, 0.15) is 38.8 Å². The normalized spacial score (nSPS) is 24.0. The van der Waals surface area contributed by atoms with Gasteiger partial charge in [0.25, 0.3) is 0 Å². The van der Waals surface area contributed by atoms with Gasteiger partial charge in [-0.3, -0.25) is 4.99 Å². The Labute approximate surface area is 117 Å². The van der Waals surface area contributed by atoms with Crippen LogP contribution in [0.2, 0.25) is 0 Å². The fraction of sp³-hybridized carbons (Fsp3) is 0.500. The van der Waals surface area contributed by atoms with Gasteiger partial charge in [0.05, 0.1) is 6.04 Å². The van der Waals surface area contributed by atoms with Crippen molar-refractivity contribution in [1.29, 1.82) is 0 Å². The number of dihydropyridines is 1. The van der Waals surface area contributed by atoms with E-state index in [1.807, 2.05) is 6.21 Å². The molecule has 0 amide bonds. The topological polar surface area (TPSA) is 12.4 Å². The van der Waals surface area contributed by atoms with Gasteiger partial charge < -0.3 is 0 Å². The molecule has 0 N–H and O–H groups in total. The summed E-state index contributed by atoms with van der Waals surface area (Å²) < 4.78 is 0. The number of aliphatic imine (C=N–C) groups is 1. The van der Waals surface area contributed by atoms with E-state index < -0.39 is 0 Å². The molecule has 0 spiro atoms. The van der Waals surface area contributed by atoms with Gasteiger partial charge in [-0.1, -0.05) is 58.0 Å². The van der Waals surface area contributed by atoms with Crippen molar-refractivity contribution in [2.24, 2.45) is 16.3 Å². The van der Waals surface area contributed by atoms with Gasteiger partial charge in [-0.05, 0) is 35.5 Å². The van der Waals surface area contributed by atoms with Crippen LogP contribution < -0.4 is 0 Å². The molecule has 0 bridgehead atoms. The molecule has 0 radical (unpaired) electrons. The highest BCUT2D eigenvalue weighted by molar-refractivity contribution is 5.72. The fourth-order valence-electron chi connectivity index (χ4n) is 2.43. The molecule has 102 valence electrons. The Morgan fingerprint density at radius 3 is 2.21 bits per heavy atom. The van der Waals surface area contributed by atoms with Crippen LogP contribution in [0, 0.1) is 11.3 Å². The lowest BCUT2D eigenvalue weighted by atomic mass is 9.79. The molecule has 2 aliphatic rings. The summed E-state index contributed by atoms with van der Waals surface area (Å²) in [7, 11) is 0. The van der Waals surface area contributed by atoms with Crippen LogP contribution in [0.5, 0.6) is 0 Å². The molecular formula is C18H25N. The summed E-state index contributed by atoms with van der Waals surface area (Å²) in [5.41, 5.74) is 3.50. The highest BCUT2D eigenvalue weighted by Crippen LogP contribution is 2.29. The maximum absolute atomic E-state index is 4.54. The molecule has 3 rings (SSSR count). The van der Waals surface area contributed by atoms with Gasteiger partial charge in [0.15, 0.2) is 0 Å². The maximum atomic E-state index is 4.54. The van der Waals surface area contributed by atoms with Crippen LogP contribution in [0.25, 0.3) is 0 Å². The van der Waals surface area contributed by atoms with Gasteiger partial charge in [-0.25, -0.2) is 0 Å². The average Bonchev–Trinajstić information content (AvgIpc) is 2.34. The molecule has 1 heterocycles. The van der Waals surface area contributed by atoms with Gasteiger partial charge in [0.2, 0.25) is 0 Å². The number of hydrogen-bond donors (Lipinski definition) is 0. The predicted molar refractivity (Wildman–Crippen MR) is 83.9 cm³/mol. The minimum Gasteiger partial charge on any atom is -0.289 e. The summed E-state index contributed by atoms with van der Waals surface area (Å²) in [6, 6.07) is 9.24. The molecule has 1 aliphatic carbocycles. The Bertz CT molecular complexity index is 432. The summed E-state index contributed by atoms with van der Waals surface area (Å²) in [6.07, 6.45) is 8.59. The lowest BCUT2D eigenvalue weighted by Crippen LogP contribution is -2.28. The number of benzene rings is 1. The lowest BCUT2D eigenvalue weighted by Gasteiger charge is -2.29. The number of nitrogens with zero attached hydrogens (tertiary/aromatic N) is 1. The molecule has 1 nitrogen and oxygen atoms in total. The molecule has 2 atom stereocenters. The van der Waals surface area contributed by atoms with E-state index in [0.29, 0.717) is 17.4 Å². The minimum atomic E-state index is 0.495. The van der Waals surface area contributed by atoms with Crippen molar-refractivity contribution in [3.05, 3.63) is 47.5 Å². The van der Waals surface area contributed by atoms with Crippen LogP contribution in [0.3, 0.4) is 0 Å². The zero-order valence-corrected chi connectivity index (χ0v) is 12.6. The van der Waals surface area contributed by atoms with E-state index in [-0.39, 0.29) is 0 Å². The Kier molecular flexibility index (Phi) is 4.24. The average molecular weight is 255 g/mol. The Morgan fingerprint density at radius 1 is 1.00 bits per heavy atom. The van der Waals surface area contributed by atoms with E-state index in [0.717, 1.165) is 12.8 Å². The monoisotopic (exact) mass is 255 g/mol. The van der Waals surface area contributed by atoms with Crippen LogP contribution in [-0.4, -0.2) is 12.3 Å². The highest BCUT2D eigenvalue weighted by atomic mass is 14.8. The second-order valence-corrected chi connectivity index (χ2v) is 7.09. The van der Waals surface area contributed by atoms with Gasteiger partial charge in [0.1, 0.15) is 0 Å². The van der Waals surface area contributed by atoms with E-state index in [4.69, 9.17) is 0 Å². The molecule has 0 saturated carbocycles. The summed E-state index contributed by atoms with van der Waals surface area (Å²) in [5.74, 6) is 0.634. The number of hydrogen-bond acceptors (Lipinski definition) is 1. The first-order valence-electron chi connectivity index (χ1n) is 7.20. The molecule has 1 heteroatoms. The third-order valence-corrected chi connectivity index (χ3v) is 3.22. The molecule has 19 heavy (non-hydrogen) atoms. The summed E-state index contributed by atoms with van der Waals surface area (Å²) in [6.45, 7) is 8.75. The van der Waals surface area contributed by atoms with Crippen molar-refractivity contribution >= 4 is 6.21 Å². The van der Waals surface area contributed by atoms with Crippen molar-refractivity contribution in [1.82, 2.24) is 0 Å². The predicted octanol–water partition coefficient (Wildman–Crippen LogP) is 4.46. The first kappa shape index (κ1) is 14.0. The Balaban J connectivity index is 0.000000232. The Hall–Kier alpha value is -1.37. The third kappa shape index (κ3) is 4.34. The second kappa shape index (κ2) is 5.73. The van der Waals surface area contributed by atoms with Crippen LogP contribution in [-0.2, 0) is 12.8 Å². The SMILES string of the molecule is C1=CC2Cc3ccccc3CC2N=C1.CC(C)(C)C. The van der Waals surface area contributed by atoms with Gasteiger partial charge in [0, 0.05) is 12.1 Å². The molecule has 0 saturated heterocycles. The van der Waals surface area contributed by atoms with E-state index in [1.165, 1.54) is 11.1 Å². The molecule has 1 aromatic rings. The third-order valence-electron chi connectivity index (χ3n) is 3.22. The standard InChI is InChI=1S/C13H13N.C5H12/c1-2-5-11-9-13-12(6-3-7-14-13)8-10(11)4-1;1-5(2,3)4/h1-7,12-13H,8-9H2;1-4H3. The highest BCUT2D eigenvalue weighted by Gasteiger charge is 2.26. The van der Waals surface area contributed by atoms with E-state index in [9.17, 15) is 0 Å². The van der Waals surface area contributed by atoms with Crippen LogP contribution in [0.4, 0.5) is 0 Å². The maximum Gasteiger partial charge on any atom is 0.0605 e. The molecule has 2 unspecified atom stereocenters. The van der Waals surface area contributed by atoms with E-state index in [1.54, 1.807) is 0 Å². The number of allylic oxidation sites excluding steroid dienone is 1.